The molecule has 0 saturated carbocycles. The van der Waals surface area contributed by atoms with E-state index in [-0.39, 0.29) is 24.1 Å². The van der Waals surface area contributed by atoms with E-state index in [9.17, 15) is 9.59 Å². The van der Waals surface area contributed by atoms with E-state index in [4.69, 9.17) is 4.74 Å². The fraction of sp³-hybridized carbons (Fsp3) is 0.222. The quantitative estimate of drug-likeness (QED) is 0.752. The van der Waals surface area contributed by atoms with Crippen LogP contribution in [0.15, 0.2) is 42.5 Å². The smallest absolute Gasteiger partial charge is 0.310 e. The van der Waals surface area contributed by atoms with Gasteiger partial charge in [0.25, 0.3) is 0 Å². The Morgan fingerprint density at radius 3 is 2.57 bits per heavy atom. The Kier molecular flexibility index (Phi) is 2.52. The zero-order valence-corrected chi connectivity index (χ0v) is 11.6. The molecule has 0 unspecified atom stereocenters. The number of benzene rings is 2. The highest BCUT2D eigenvalue weighted by Gasteiger charge is 2.45. The molecular formula is C18H14O3. The third-order valence-corrected chi connectivity index (χ3v) is 4.62. The molecular weight excluding hydrogens is 264 g/mol. The molecule has 0 spiro atoms. The summed E-state index contributed by atoms with van der Waals surface area (Å²) in [5.74, 6) is -0.742. The van der Waals surface area contributed by atoms with E-state index in [1.165, 1.54) is 7.11 Å². The maximum atomic E-state index is 12.4. The Balaban J connectivity index is 2.02. The second-order valence-electron chi connectivity index (χ2n) is 5.59. The van der Waals surface area contributed by atoms with Crippen LogP contribution in [0, 0.1) is 5.92 Å². The molecule has 0 N–H and O–H groups in total. The minimum atomic E-state index is -0.417. The lowest BCUT2D eigenvalue weighted by Crippen LogP contribution is -2.31. The Morgan fingerprint density at radius 2 is 1.76 bits per heavy atom. The summed E-state index contributed by atoms with van der Waals surface area (Å²) in [7, 11) is 1.38. The lowest BCUT2D eigenvalue weighted by molar-refractivity contribution is -0.145. The number of ketones is 1. The molecule has 2 atom stereocenters. The van der Waals surface area contributed by atoms with Crippen molar-refractivity contribution in [3.8, 4) is 11.1 Å². The maximum Gasteiger partial charge on any atom is 0.310 e. The van der Waals surface area contributed by atoms with E-state index in [2.05, 4.69) is 12.1 Å². The van der Waals surface area contributed by atoms with Crippen molar-refractivity contribution in [3.05, 3.63) is 59.2 Å². The van der Waals surface area contributed by atoms with E-state index in [1.807, 2.05) is 30.3 Å². The third-order valence-electron chi connectivity index (χ3n) is 4.62. The number of carbonyl (C=O) groups is 2. The zero-order valence-electron chi connectivity index (χ0n) is 11.6. The molecule has 0 bridgehead atoms. The molecule has 0 aromatic heterocycles. The van der Waals surface area contributed by atoms with Crippen molar-refractivity contribution < 1.29 is 14.3 Å². The third kappa shape index (κ3) is 1.54. The standard InChI is InChI=1S/C18H14O3/c1-21-18(20)14-9-15(19)13-8-4-7-12-10-5-2-3-6-11(10)17(14)16(12)13/h2-8,14,17H,9H2,1H3/t14-,17-/m1/s1. The summed E-state index contributed by atoms with van der Waals surface area (Å²) in [4.78, 5) is 24.5. The number of ether oxygens (including phenoxy) is 1. The monoisotopic (exact) mass is 278 g/mol. The van der Waals surface area contributed by atoms with Crippen LogP contribution in [0.4, 0.5) is 0 Å². The molecule has 4 rings (SSSR count). The number of hydrogen-bond acceptors (Lipinski definition) is 3. The number of rotatable bonds is 1. The van der Waals surface area contributed by atoms with Crippen molar-refractivity contribution in [2.24, 2.45) is 5.92 Å². The van der Waals surface area contributed by atoms with Gasteiger partial charge >= 0.3 is 5.97 Å². The predicted molar refractivity (Wildman–Crippen MR) is 78.2 cm³/mol. The highest BCUT2D eigenvalue weighted by molar-refractivity contribution is 6.05. The number of fused-ring (bicyclic) bond motifs is 3. The first-order chi connectivity index (χ1) is 10.2. The summed E-state index contributed by atoms with van der Waals surface area (Å²) in [6.45, 7) is 0. The molecule has 0 aliphatic heterocycles. The minimum absolute atomic E-state index is 0.0336. The highest BCUT2D eigenvalue weighted by atomic mass is 16.5. The Bertz CT molecular complexity index is 776. The summed E-state index contributed by atoms with van der Waals surface area (Å²) in [6.07, 6.45) is 0.224. The molecule has 3 nitrogen and oxygen atoms in total. The van der Waals surface area contributed by atoms with Crippen LogP contribution in [-0.4, -0.2) is 18.9 Å². The number of esters is 1. The van der Waals surface area contributed by atoms with Gasteiger partial charge in [0.1, 0.15) is 0 Å². The Hall–Kier alpha value is -2.42. The fourth-order valence-corrected chi connectivity index (χ4v) is 3.76. The van der Waals surface area contributed by atoms with Crippen LogP contribution >= 0.6 is 0 Å². The molecule has 0 fully saturated rings. The summed E-state index contributed by atoms with van der Waals surface area (Å²) in [6, 6.07) is 13.9. The second-order valence-corrected chi connectivity index (χ2v) is 5.59. The van der Waals surface area contributed by atoms with Gasteiger partial charge in [-0.3, -0.25) is 9.59 Å². The van der Waals surface area contributed by atoms with Gasteiger partial charge in [-0.2, -0.15) is 0 Å². The average molecular weight is 278 g/mol. The number of Topliss-reactive ketones (excluding diaryl/α,β-unsaturated/α-hetero) is 1. The molecule has 21 heavy (non-hydrogen) atoms. The molecule has 0 heterocycles. The minimum Gasteiger partial charge on any atom is -0.469 e. The van der Waals surface area contributed by atoms with Gasteiger partial charge < -0.3 is 4.74 Å². The van der Waals surface area contributed by atoms with Crippen LogP contribution in [-0.2, 0) is 9.53 Å². The van der Waals surface area contributed by atoms with Crippen molar-refractivity contribution in [3.63, 3.8) is 0 Å². The second kappa shape index (κ2) is 4.29. The first-order valence-electron chi connectivity index (χ1n) is 7.05. The molecule has 2 aliphatic rings. The largest absolute Gasteiger partial charge is 0.469 e. The average Bonchev–Trinajstić information content (AvgIpc) is 2.86. The maximum absolute atomic E-state index is 12.4. The molecule has 0 amide bonds. The van der Waals surface area contributed by atoms with Crippen LogP contribution in [0.2, 0.25) is 0 Å². The molecule has 104 valence electrons. The summed E-state index contributed by atoms with van der Waals surface area (Å²) in [5.41, 5.74) is 5.10. The van der Waals surface area contributed by atoms with Crippen molar-refractivity contribution in [1.29, 1.82) is 0 Å². The molecule has 2 aromatic rings. The molecule has 0 radical (unpaired) electrons. The van der Waals surface area contributed by atoms with Gasteiger partial charge in [0, 0.05) is 17.9 Å². The van der Waals surface area contributed by atoms with Gasteiger partial charge in [0.15, 0.2) is 5.78 Å². The SMILES string of the molecule is COC(=O)[C@@H]1CC(=O)c2cccc3c2[C@@H]1c1ccccc1-3. The van der Waals surface area contributed by atoms with Crippen molar-refractivity contribution in [1.82, 2.24) is 0 Å². The normalized spacial score (nSPS) is 21.7. The van der Waals surface area contributed by atoms with E-state index in [0.717, 1.165) is 27.8 Å². The number of hydrogen-bond donors (Lipinski definition) is 0. The Labute approximate surface area is 122 Å². The van der Waals surface area contributed by atoms with Gasteiger partial charge in [-0.25, -0.2) is 0 Å². The van der Waals surface area contributed by atoms with Gasteiger partial charge in [-0.05, 0) is 22.3 Å². The summed E-state index contributed by atoms with van der Waals surface area (Å²) < 4.78 is 4.93. The fourth-order valence-electron chi connectivity index (χ4n) is 3.76. The van der Waals surface area contributed by atoms with Crippen LogP contribution < -0.4 is 0 Å². The van der Waals surface area contributed by atoms with Gasteiger partial charge in [0.2, 0.25) is 0 Å². The van der Waals surface area contributed by atoms with Crippen molar-refractivity contribution in [2.75, 3.05) is 7.11 Å². The lowest BCUT2D eigenvalue weighted by Gasteiger charge is -2.28. The number of carbonyl (C=O) groups excluding carboxylic acids is 2. The summed E-state index contributed by atoms with van der Waals surface area (Å²) >= 11 is 0. The van der Waals surface area contributed by atoms with E-state index < -0.39 is 5.92 Å². The van der Waals surface area contributed by atoms with Crippen LogP contribution in [0.25, 0.3) is 11.1 Å². The highest BCUT2D eigenvalue weighted by Crippen LogP contribution is 2.53. The van der Waals surface area contributed by atoms with E-state index in [1.54, 1.807) is 0 Å². The number of methoxy groups -OCH3 is 1. The van der Waals surface area contributed by atoms with Crippen molar-refractivity contribution in [2.45, 2.75) is 12.3 Å². The van der Waals surface area contributed by atoms with Crippen LogP contribution in [0.1, 0.15) is 33.8 Å². The molecule has 2 aromatic carbocycles. The van der Waals surface area contributed by atoms with E-state index >= 15 is 0 Å². The molecule has 0 saturated heterocycles. The Morgan fingerprint density at radius 1 is 1.05 bits per heavy atom. The summed E-state index contributed by atoms with van der Waals surface area (Å²) in [5, 5.41) is 0. The van der Waals surface area contributed by atoms with Crippen LogP contribution in [0.5, 0.6) is 0 Å². The van der Waals surface area contributed by atoms with E-state index in [0.29, 0.717) is 0 Å². The zero-order chi connectivity index (χ0) is 14.6. The first kappa shape index (κ1) is 12.3. The topological polar surface area (TPSA) is 43.4 Å². The van der Waals surface area contributed by atoms with Gasteiger partial charge in [0.05, 0.1) is 13.0 Å². The lowest BCUT2D eigenvalue weighted by atomic mass is 9.74. The predicted octanol–water partition coefficient (Wildman–Crippen LogP) is 3.17. The molecule has 2 aliphatic carbocycles. The van der Waals surface area contributed by atoms with Crippen molar-refractivity contribution >= 4 is 11.8 Å². The first-order valence-corrected chi connectivity index (χ1v) is 7.05. The van der Waals surface area contributed by atoms with Gasteiger partial charge in [-0.1, -0.05) is 42.5 Å². The molecule has 3 heteroatoms. The van der Waals surface area contributed by atoms with Crippen LogP contribution in [0.3, 0.4) is 0 Å². The van der Waals surface area contributed by atoms with Gasteiger partial charge in [-0.15, -0.1) is 0 Å².